The Balaban J connectivity index is 1.71. The van der Waals surface area contributed by atoms with Gasteiger partial charge in [-0.2, -0.15) is 0 Å². The molecule has 138 valence electrons. The second kappa shape index (κ2) is 8.06. The molecule has 0 fully saturated rings. The summed E-state index contributed by atoms with van der Waals surface area (Å²) in [4.78, 5) is 26.6. The van der Waals surface area contributed by atoms with E-state index in [0.717, 1.165) is 10.4 Å². The van der Waals surface area contributed by atoms with Crippen LogP contribution in [-0.4, -0.2) is 20.9 Å². The first-order valence-corrected chi connectivity index (χ1v) is 9.78. The summed E-state index contributed by atoms with van der Waals surface area (Å²) in [6, 6.07) is 14.1. The summed E-state index contributed by atoms with van der Waals surface area (Å²) >= 11 is 13.3. The van der Waals surface area contributed by atoms with Crippen molar-refractivity contribution in [1.82, 2.24) is 15.0 Å². The monoisotopic (exact) mass is 426 g/mol. The van der Waals surface area contributed by atoms with Gasteiger partial charge >= 0.3 is 0 Å². The summed E-state index contributed by atoms with van der Waals surface area (Å²) in [5.74, 6) is -0.322. The van der Waals surface area contributed by atoms with Crippen LogP contribution in [0, 0.1) is 0 Å². The second-order valence-corrected chi connectivity index (χ2v) is 7.55. The zero-order chi connectivity index (χ0) is 19.5. The van der Waals surface area contributed by atoms with Crippen LogP contribution in [0.25, 0.3) is 21.8 Å². The molecule has 3 heterocycles. The predicted molar refractivity (Wildman–Crippen MR) is 113 cm³/mol. The van der Waals surface area contributed by atoms with E-state index < -0.39 is 0 Å². The number of anilines is 1. The zero-order valence-corrected chi connectivity index (χ0v) is 16.6. The van der Waals surface area contributed by atoms with Crippen LogP contribution in [0.3, 0.4) is 0 Å². The number of halogens is 2. The molecule has 0 aliphatic carbocycles. The van der Waals surface area contributed by atoms with Crippen LogP contribution in [0.15, 0.2) is 67.1 Å². The molecule has 1 aromatic carbocycles. The molecule has 0 unspecified atom stereocenters. The molecule has 0 bridgehead atoms. The highest BCUT2D eigenvalue weighted by Gasteiger charge is 2.18. The van der Waals surface area contributed by atoms with Gasteiger partial charge in [0.05, 0.1) is 20.6 Å². The fourth-order valence-corrected chi connectivity index (χ4v) is 3.81. The highest BCUT2D eigenvalue weighted by molar-refractivity contribution is 7.19. The Morgan fingerprint density at radius 2 is 1.89 bits per heavy atom. The van der Waals surface area contributed by atoms with Crippen molar-refractivity contribution in [3.63, 3.8) is 0 Å². The summed E-state index contributed by atoms with van der Waals surface area (Å²) in [5.41, 5.74) is 2.69. The first-order valence-electron chi connectivity index (χ1n) is 8.21. The molecule has 1 N–H and O–H groups in total. The van der Waals surface area contributed by atoms with E-state index >= 15 is 0 Å². The summed E-state index contributed by atoms with van der Waals surface area (Å²) in [5, 5.41) is 3.99. The Morgan fingerprint density at radius 1 is 1.00 bits per heavy atom. The van der Waals surface area contributed by atoms with Crippen molar-refractivity contribution < 1.29 is 4.79 Å². The number of nitrogens with zero attached hydrogens (tertiary/aromatic N) is 3. The van der Waals surface area contributed by atoms with Gasteiger partial charge < -0.3 is 0 Å². The quantitative estimate of drug-likeness (QED) is 0.445. The lowest BCUT2D eigenvalue weighted by Gasteiger charge is -2.03. The highest BCUT2D eigenvalue weighted by Crippen LogP contribution is 2.38. The number of benzene rings is 1. The van der Waals surface area contributed by atoms with Gasteiger partial charge in [-0.05, 0) is 36.4 Å². The van der Waals surface area contributed by atoms with Gasteiger partial charge in [-0.1, -0.05) is 46.7 Å². The van der Waals surface area contributed by atoms with Crippen molar-refractivity contribution in [2.24, 2.45) is 0 Å². The molecule has 4 aromatic rings. The third kappa shape index (κ3) is 3.89. The first-order chi connectivity index (χ1) is 13.6. The van der Waals surface area contributed by atoms with Crippen molar-refractivity contribution >= 4 is 45.6 Å². The van der Waals surface area contributed by atoms with Crippen LogP contribution in [0.4, 0.5) is 5.13 Å². The second-order valence-electron chi connectivity index (χ2n) is 5.74. The fraction of sp³-hybridized carbons (Fsp3) is 0. The van der Waals surface area contributed by atoms with Crippen LogP contribution in [0.1, 0.15) is 10.4 Å². The molecule has 0 spiro atoms. The fourth-order valence-electron chi connectivity index (χ4n) is 2.55. The number of carbonyl (C=O) groups is 1. The lowest BCUT2D eigenvalue weighted by atomic mass is 10.1. The van der Waals surface area contributed by atoms with Crippen molar-refractivity contribution in [2.45, 2.75) is 0 Å². The number of nitrogens with one attached hydrogen (secondary N) is 1. The number of carbonyl (C=O) groups excluding carboxylic acids is 1. The molecular weight excluding hydrogens is 415 g/mol. The van der Waals surface area contributed by atoms with E-state index in [4.69, 9.17) is 23.2 Å². The standard InChI is InChI=1S/C20H12Cl2N4OS/c21-14-7-6-12(10-15(14)22)19(27)26-20-25-17(16-5-1-2-9-24-16)18(28-20)13-4-3-8-23-11-13/h1-11H,(H,25,26,27). The van der Waals surface area contributed by atoms with Crippen LogP contribution in [-0.2, 0) is 0 Å². The van der Waals surface area contributed by atoms with E-state index in [2.05, 4.69) is 20.3 Å². The lowest BCUT2D eigenvalue weighted by Crippen LogP contribution is -2.11. The maximum atomic E-state index is 12.6. The molecule has 3 aromatic heterocycles. The average molecular weight is 427 g/mol. The molecule has 0 aliphatic rings. The largest absolute Gasteiger partial charge is 0.298 e. The molecule has 4 rings (SSSR count). The summed E-state index contributed by atoms with van der Waals surface area (Å²) in [7, 11) is 0. The number of hydrogen-bond acceptors (Lipinski definition) is 5. The van der Waals surface area contributed by atoms with E-state index in [0.29, 0.717) is 32.1 Å². The van der Waals surface area contributed by atoms with Gasteiger partial charge in [-0.3, -0.25) is 20.1 Å². The van der Waals surface area contributed by atoms with E-state index in [9.17, 15) is 4.79 Å². The molecule has 1 amide bonds. The van der Waals surface area contributed by atoms with Gasteiger partial charge in [0.1, 0.15) is 5.69 Å². The van der Waals surface area contributed by atoms with Crippen molar-refractivity contribution in [1.29, 1.82) is 0 Å². The third-order valence-corrected chi connectivity index (χ3v) is 5.62. The molecule has 0 atom stereocenters. The van der Waals surface area contributed by atoms with E-state index in [1.54, 1.807) is 30.7 Å². The zero-order valence-electron chi connectivity index (χ0n) is 14.3. The van der Waals surface area contributed by atoms with E-state index in [1.807, 2.05) is 30.3 Å². The molecule has 0 saturated heterocycles. The van der Waals surface area contributed by atoms with Crippen LogP contribution in [0.2, 0.25) is 10.0 Å². The first kappa shape index (κ1) is 18.6. The Kier molecular flexibility index (Phi) is 5.34. The van der Waals surface area contributed by atoms with E-state index in [1.165, 1.54) is 17.4 Å². The topological polar surface area (TPSA) is 67.8 Å². The van der Waals surface area contributed by atoms with Gasteiger partial charge in [0.25, 0.3) is 5.91 Å². The molecule has 0 radical (unpaired) electrons. The minimum atomic E-state index is -0.322. The molecule has 0 aliphatic heterocycles. The Labute approximate surface area is 175 Å². The Morgan fingerprint density at radius 3 is 2.61 bits per heavy atom. The maximum Gasteiger partial charge on any atom is 0.257 e. The van der Waals surface area contributed by atoms with Crippen LogP contribution < -0.4 is 5.32 Å². The third-order valence-electron chi connectivity index (χ3n) is 3.86. The minimum Gasteiger partial charge on any atom is -0.298 e. The van der Waals surface area contributed by atoms with E-state index in [-0.39, 0.29) is 5.91 Å². The normalized spacial score (nSPS) is 10.6. The molecule has 8 heteroatoms. The molecule has 0 saturated carbocycles. The smallest absolute Gasteiger partial charge is 0.257 e. The van der Waals surface area contributed by atoms with Crippen LogP contribution in [0.5, 0.6) is 0 Å². The minimum absolute atomic E-state index is 0.318. The van der Waals surface area contributed by atoms with Crippen molar-refractivity contribution in [3.05, 3.63) is 82.7 Å². The average Bonchev–Trinajstić information content (AvgIpc) is 3.15. The van der Waals surface area contributed by atoms with Gasteiger partial charge in [0.15, 0.2) is 5.13 Å². The van der Waals surface area contributed by atoms with Crippen molar-refractivity contribution in [3.8, 4) is 21.8 Å². The Hall–Kier alpha value is -2.80. The number of thiazole rings is 1. The summed E-state index contributed by atoms with van der Waals surface area (Å²) in [6.07, 6.45) is 5.16. The molecular formula is C20H12Cl2N4OS. The van der Waals surface area contributed by atoms with Gasteiger partial charge in [0, 0.05) is 29.7 Å². The van der Waals surface area contributed by atoms with Gasteiger partial charge in [-0.25, -0.2) is 4.98 Å². The van der Waals surface area contributed by atoms with Crippen molar-refractivity contribution in [2.75, 3.05) is 5.32 Å². The number of aromatic nitrogens is 3. The van der Waals surface area contributed by atoms with Crippen LogP contribution >= 0.6 is 34.5 Å². The highest BCUT2D eigenvalue weighted by atomic mass is 35.5. The summed E-state index contributed by atoms with van der Waals surface area (Å²) in [6.45, 7) is 0. The number of pyridine rings is 2. The van der Waals surface area contributed by atoms with Gasteiger partial charge in [-0.15, -0.1) is 0 Å². The maximum absolute atomic E-state index is 12.6. The molecule has 28 heavy (non-hydrogen) atoms. The number of rotatable bonds is 4. The number of hydrogen-bond donors (Lipinski definition) is 1. The lowest BCUT2D eigenvalue weighted by molar-refractivity contribution is 0.102. The predicted octanol–water partition coefficient (Wildman–Crippen LogP) is 5.83. The number of amides is 1. The molecule has 5 nitrogen and oxygen atoms in total. The Bertz CT molecular complexity index is 1080. The summed E-state index contributed by atoms with van der Waals surface area (Å²) < 4.78 is 0. The SMILES string of the molecule is O=C(Nc1nc(-c2ccccn2)c(-c2cccnc2)s1)c1ccc(Cl)c(Cl)c1. The van der Waals surface area contributed by atoms with Gasteiger partial charge in [0.2, 0.25) is 0 Å².